The first-order valence-electron chi connectivity index (χ1n) is 7.62. The van der Waals surface area contributed by atoms with Gasteiger partial charge in [-0.05, 0) is 36.8 Å². The molecule has 24 heavy (non-hydrogen) atoms. The monoisotopic (exact) mass is 325 g/mol. The maximum Gasteiger partial charge on any atom is 0.181 e. The third-order valence-corrected chi connectivity index (χ3v) is 3.58. The maximum absolute atomic E-state index is 6.32. The molecule has 1 aromatic carbocycles. The second-order valence-corrected chi connectivity index (χ2v) is 5.10. The molecule has 0 amide bonds. The first-order chi connectivity index (χ1) is 11.7. The summed E-state index contributed by atoms with van der Waals surface area (Å²) in [6.45, 7) is 2.47. The number of ether oxygens (including phenoxy) is 2. The van der Waals surface area contributed by atoms with Crippen molar-refractivity contribution in [3.8, 4) is 22.9 Å². The topological polar surface area (TPSA) is 98.9 Å². The van der Waals surface area contributed by atoms with E-state index in [0.29, 0.717) is 29.8 Å². The van der Waals surface area contributed by atoms with E-state index in [1.807, 2.05) is 37.3 Å². The third kappa shape index (κ3) is 3.21. The quantitative estimate of drug-likeness (QED) is 0.721. The van der Waals surface area contributed by atoms with E-state index < -0.39 is 6.04 Å². The summed E-state index contributed by atoms with van der Waals surface area (Å²) in [5.41, 5.74) is 8.06. The molecule has 2 heterocycles. The van der Waals surface area contributed by atoms with Crippen LogP contribution in [-0.2, 0) is 0 Å². The molecule has 3 rings (SSSR count). The van der Waals surface area contributed by atoms with Crippen LogP contribution >= 0.6 is 0 Å². The van der Waals surface area contributed by atoms with Crippen molar-refractivity contribution in [3.05, 3.63) is 54.1 Å². The van der Waals surface area contributed by atoms with Crippen LogP contribution in [0.3, 0.4) is 0 Å². The van der Waals surface area contributed by atoms with Crippen LogP contribution in [-0.4, -0.2) is 33.9 Å². The maximum atomic E-state index is 6.32. The minimum atomic E-state index is -0.446. The summed E-state index contributed by atoms with van der Waals surface area (Å²) in [6.07, 6.45) is 3.40. The number of aromatic amines is 1. The van der Waals surface area contributed by atoms with Crippen molar-refractivity contribution in [1.82, 2.24) is 20.2 Å². The normalized spacial score (nSPS) is 12.0. The van der Waals surface area contributed by atoms with Gasteiger partial charge in [0.25, 0.3) is 0 Å². The molecule has 7 heteroatoms. The second kappa shape index (κ2) is 7.10. The molecule has 2 aromatic heterocycles. The van der Waals surface area contributed by atoms with Gasteiger partial charge in [-0.3, -0.25) is 10.1 Å². The van der Waals surface area contributed by atoms with E-state index in [9.17, 15) is 0 Å². The van der Waals surface area contributed by atoms with Crippen LogP contribution in [0.5, 0.6) is 11.5 Å². The van der Waals surface area contributed by atoms with E-state index in [2.05, 4.69) is 20.2 Å². The Morgan fingerprint density at radius 3 is 2.67 bits per heavy atom. The van der Waals surface area contributed by atoms with Gasteiger partial charge in [0.05, 0.1) is 19.8 Å². The van der Waals surface area contributed by atoms with Crippen molar-refractivity contribution in [3.63, 3.8) is 0 Å². The van der Waals surface area contributed by atoms with E-state index in [0.717, 1.165) is 11.1 Å². The minimum Gasteiger partial charge on any atom is -0.493 e. The van der Waals surface area contributed by atoms with Gasteiger partial charge in [-0.2, -0.15) is 5.10 Å². The first-order valence-corrected chi connectivity index (χ1v) is 7.62. The molecule has 3 N–H and O–H groups in total. The Bertz CT molecular complexity index is 804. The molecule has 7 nitrogen and oxygen atoms in total. The lowest BCUT2D eigenvalue weighted by Gasteiger charge is -2.14. The van der Waals surface area contributed by atoms with E-state index >= 15 is 0 Å². The molecule has 0 saturated carbocycles. The third-order valence-electron chi connectivity index (χ3n) is 3.58. The average molecular weight is 325 g/mol. The number of H-pyrrole nitrogens is 1. The predicted molar refractivity (Wildman–Crippen MR) is 89.8 cm³/mol. The smallest absolute Gasteiger partial charge is 0.181 e. The fourth-order valence-electron chi connectivity index (χ4n) is 2.36. The lowest BCUT2D eigenvalue weighted by molar-refractivity contribution is 0.310. The highest BCUT2D eigenvalue weighted by Crippen LogP contribution is 2.31. The van der Waals surface area contributed by atoms with E-state index in [1.165, 1.54) is 0 Å². The van der Waals surface area contributed by atoms with Gasteiger partial charge in [0.2, 0.25) is 0 Å². The number of nitrogens with zero attached hydrogens (tertiary/aromatic N) is 3. The molecule has 0 spiro atoms. The number of pyridine rings is 1. The molecule has 0 aliphatic carbocycles. The Balaban J connectivity index is 1.88. The summed E-state index contributed by atoms with van der Waals surface area (Å²) in [5.74, 6) is 2.49. The predicted octanol–water partition coefficient (Wildman–Crippen LogP) is 2.32. The zero-order valence-corrected chi connectivity index (χ0v) is 13.6. The summed E-state index contributed by atoms with van der Waals surface area (Å²) in [5, 5.41) is 7.13. The standard InChI is InChI=1S/C17H19N5O2/c1-3-24-14-10-12(4-5-13(14)23-2)15(18)17-20-16(21-22-17)11-6-8-19-9-7-11/h4-10,15H,3,18H2,1-2H3,(H,20,21,22)/t15-/m0/s1. The van der Waals surface area contributed by atoms with Crippen molar-refractivity contribution in [2.75, 3.05) is 13.7 Å². The molecule has 0 aliphatic rings. The Morgan fingerprint density at radius 2 is 1.96 bits per heavy atom. The summed E-state index contributed by atoms with van der Waals surface area (Å²) in [4.78, 5) is 8.47. The summed E-state index contributed by atoms with van der Waals surface area (Å²) in [6, 6.07) is 8.83. The zero-order valence-electron chi connectivity index (χ0n) is 13.6. The van der Waals surface area contributed by atoms with Gasteiger partial charge in [-0.15, -0.1) is 0 Å². The van der Waals surface area contributed by atoms with Gasteiger partial charge in [0, 0.05) is 18.0 Å². The molecule has 0 bridgehead atoms. The van der Waals surface area contributed by atoms with E-state index in [-0.39, 0.29) is 0 Å². The molecule has 124 valence electrons. The molecule has 0 fully saturated rings. The number of benzene rings is 1. The van der Waals surface area contributed by atoms with Crippen molar-refractivity contribution in [1.29, 1.82) is 0 Å². The number of nitrogens with one attached hydrogen (secondary N) is 1. The van der Waals surface area contributed by atoms with Crippen molar-refractivity contribution in [2.24, 2.45) is 5.73 Å². The Kier molecular flexibility index (Phi) is 4.72. The highest BCUT2D eigenvalue weighted by atomic mass is 16.5. The Labute approximate surface area is 139 Å². The molecule has 3 aromatic rings. The van der Waals surface area contributed by atoms with Crippen LogP contribution in [0.1, 0.15) is 24.4 Å². The van der Waals surface area contributed by atoms with E-state index in [1.54, 1.807) is 19.5 Å². The lowest BCUT2D eigenvalue weighted by atomic mass is 10.1. The zero-order chi connectivity index (χ0) is 16.9. The number of nitrogens with two attached hydrogens (primary N) is 1. The van der Waals surface area contributed by atoms with Crippen molar-refractivity contribution >= 4 is 0 Å². The summed E-state index contributed by atoms with van der Waals surface area (Å²) in [7, 11) is 1.61. The molecule has 1 atom stereocenters. The van der Waals surface area contributed by atoms with Crippen LogP contribution in [0.15, 0.2) is 42.7 Å². The molecule has 0 saturated heterocycles. The molecular weight excluding hydrogens is 306 g/mol. The van der Waals surface area contributed by atoms with E-state index in [4.69, 9.17) is 15.2 Å². The van der Waals surface area contributed by atoms with Crippen molar-refractivity contribution in [2.45, 2.75) is 13.0 Å². The number of aromatic nitrogens is 4. The number of rotatable bonds is 6. The van der Waals surface area contributed by atoms with Gasteiger partial charge in [-0.1, -0.05) is 6.07 Å². The Hall–Kier alpha value is -2.93. The second-order valence-electron chi connectivity index (χ2n) is 5.10. The van der Waals surface area contributed by atoms with Crippen LogP contribution in [0.25, 0.3) is 11.4 Å². The fourth-order valence-corrected chi connectivity index (χ4v) is 2.36. The van der Waals surface area contributed by atoms with Gasteiger partial charge in [0.1, 0.15) is 5.82 Å². The van der Waals surface area contributed by atoms with Gasteiger partial charge in [-0.25, -0.2) is 4.98 Å². The molecular formula is C17H19N5O2. The van der Waals surface area contributed by atoms with Crippen LogP contribution in [0.2, 0.25) is 0 Å². The average Bonchev–Trinajstić information content (AvgIpc) is 3.12. The van der Waals surface area contributed by atoms with Gasteiger partial charge in [0.15, 0.2) is 17.3 Å². The fraction of sp³-hybridized carbons (Fsp3) is 0.235. The summed E-state index contributed by atoms with van der Waals surface area (Å²) < 4.78 is 10.9. The SMILES string of the molecule is CCOc1cc([C@H](N)c2nc(-c3ccncc3)n[nH]2)ccc1OC. The van der Waals surface area contributed by atoms with Gasteiger partial charge >= 0.3 is 0 Å². The molecule has 0 unspecified atom stereocenters. The van der Waals surface area contributed by atoms with Crippen LogP contribution < -0.4 is 15.2 Å². The highest BCUT2D eigenvalue weighted by Gasteiger charge is 2.17. The van der Waals surface area contributed by atoms with Crippen molar-refractivity contribution < 1.29 is 9.47 Å². The number of hydrogen-bond donors (Lipinski definition) is 2. The molecule has 0 aliphatic heterocycles. The largest absolute Gasteiger partial charge is 0.493 e. The number of hydrogen-bond acceptors (Lipinski definition) is 6. The Morgan fingerprint density at radius 1 is 1.17 bits per heavy atom. The van der Waals surface area contributed by atoms with Gasteiger partial charge < -0.3 is 15.2 Å². The highest BCUT2D eigenvalue weighted by molar-refractivity contribution is 5.53. The molecule has 0 radical (unpaired) electrons. The van der Waals surface area contributed by atoms with Crippen LogP contribution in [0.4, 0.5) is 0 Å². The number of methoxy groups -OCH3 is 1. The lowest BCUT2D eigenvalue weighted by Crippen LogP contribution is -2.14. The van der Waals surface area contributed by atoms with Crippen LogP contribution in [0, 0.1) is 0 Å². The summed E-state index contributed by atoms with van der Waals surface area (Å²) >= 11 is 0. The minimum absolute atomic E-state index is 0.446. The first kappa shape index (κ1) is 15.9.